The van der Waals surface area contributed by atoms with E-state index in [1.807, 2.05) is 24.3 Å². The first-order valence-corrected chi connectivity index (χ1v) is 6.24. The van der Waals surface area contributed by atoms with Crippen LogP contribution in [0.1, 0.15) is 15.9 Å². The van der Waals surface area contributed by atoms with E-state index >= 15 is 0 Å². The van der Waals surface area contributed by atoms with Gasteiger partial charge < -0.3 is 10.1 Å². The number of carbonyl (C=O) groups is 1. The van der Waals surface area contributed by atoms with E-state index in [9.17, 15) is 4.79 Å². The molecule has 0 aromatic heterocycles. The van der Waals surface area contributed by atoms with Gasteiger partial charge in [0.25, 0.3) is 5.91 Å². The van der Waals surface area contributed by atoms with E-state index < -0.39 is 0 Å². The third-order valence-corrected chi connectivity index (χ3v) is 3.00. The number of hydrogen-bond acceptors (Lipinski definition) is 2. The molecule has 0 saturated heterocycles. The molecule has 0 unspecified atom stereocenters. The summed E-state index contributed by atoms with van der Waals surface area (Å²) in [5.41, 5.74) is 1.57. The van der Waals surface area contributed by atoms with E-state index in [4.69, 9.17) is 16.3 Å². The molecule has 0 aliphatic carbocycles. The van der Waals surface area contributed by atoms with Gasteiger partial charge >= 0.3 is 0 Å². The van der Waals surface area contributed by atoms with Crippen molar-refractivity contribution in [2.45, 2.75) is 6.54 Å². The van der Waals surface area contributed by atoms with Crippen molar-refractivity contribution in [3.05, 3.63) is 64.7 Å². The van der Waals surface area contributed by atoms with Gasteiger partial charge in [-0.2, -0.15) is 0 Å². The molecule has 2 aromatic rings. The monoisotopic (exact) mass is 275 g/mol. The van der Waals surface area contributed by atoms with Crippen molar-refractivity contribution in [2.24, 2.45) is 0 Å². The molecule has 2 aromatic carbocycles. The first-order chi connectivity index (χ1) is 9.20. The third kappa shape index (κ3) is 3.48. The molecule has 1 N–H and O–H groups in total. The minimum absolute atomic E-state index is 0.104. The minimum Gasteiger partial charge on any atom is -0.495 e. The molecule has 1 amide bonds. The number of hydrogen-bond donors (Lipinski definition) is 1. The Kier molecular flexibility index (Phi) is 4.42. The molecular formula is C15H14ClNO2. The zero-order chi connectivity index (χ0) is 13.7. The van der Waals surface area contributed by atoms with Crippen LogP contribution in [-0.4, -0.2) is 13.0 Å². The summed E-state index contributed by atoms with van der Waals surface area (Å²) in [6.07, 6.45) is 0. The van der Waals surface area contributed by atoms with Gasteiger partial charge in [-0.3, -0.25) is 4.79 Å². The molecule has 3 nitrogen and oxygen atoms in total. The van der Waals surface area contributed by atoms with Gasteiger partial charge in [-0.1, -0.05) is 35.9 Å². The van der Waals surface area contributed by atoms with E-state index in [1.54, 1.807) is 31.4 Å². The van der Waals surface area contributed by atoms with Crippen LogP contribution in [0.3, 0.4) is 0 Å². The number of nitrogens with one attached hydrogen (secondary N) is 1. The number of carbonyl (C=O) groups excluding carboxylic acids is 1. The molecular weight excluding hydrogens is 262 g/mol. The smallest absolute Gasteiger partial charge is 0.251 e. The molecule has 0 bridgehead atoms. The molecule has 0 aliphatic rings. The Morgan fingerprint density at radius 2 is 1.95 bits per heavy atom. The van der Waals surface area contributed by atoms with E-state index in [2.05, 4.69) is 5.32 Å². The second-order valence-corrected chi connectivity index (χ2v) is 4.42. The third-order valence-electron chi connectivity index (χ3n) is 2.71. The second-order valence-electron chi connectivity index (χ2n) is 4.02. The average Bonchev–Trinajstić information content (AvgIpc) is 2.46. The van der Waals surface area contributed by atoms with Gasteiger partial charge in [-0.15, -0.1) is 0 Å². The van der Waals surface area contributed by atoms with Crippen LogP contribution in [0.25, 0.3) is 0 Å². The number of ether oxygens (including phenoxy) is 1. The number of methoxy groups -OCH3 is 1. The lowest BCUT2D eigenvalue weighted by Gasteiger charge is -2.08. The zero-order valence-electron chi connectivity index (χ0n) is 10.5. The van der Waals surface area contributed by atoms with Crippen LogP contribution in [0.5, 0.6) is 5.75 Å². The molecule has 0 aliphatic heterocycles. The van der Waals surface area contributed by atoms with Gasteiger partial charge in [0.15, 0.2) is 0 Å². The maximum absolute atomic E-state index is 11.9. The first-order valence-electron chi connectivity index (χ1n) is 5.86. The van der Waals surface area contributed by atoms with Crippen LogP contribution < -0.4 is 10.1 Å². The highest BCUT2D eigenvalue weighted by Gasteiger charge is 2.05. The van der Waals surface area contributed by atoms with Crippen molar-refractivity contribution >= 4 is 17.5 Å². The Morgan fingerprint density at radius 3 is 2.58 bits per heavy atom. The molecule has 0 spiro atoms. The van der Waals surface area contributed by atoms with E-state index in [1.165, 1.54) is 0 Å². The maximum atomic E-state index is 11.9. The molecule has 98 valence electrons. The predicted molar refractivity (Wildman–Crippen MR) is 75.6 cm³/mol. The summed E-state index contributed by atoms with van der Waals surface area (Å²) in [6.45, 7) is 0.428. The fraction of sp³-hybridized carbons (Fsp3) is 0.133. The summed E-state index contributed by atoms with van der Waals surface area (Å²) in [6, 6.07) is 14.5. The lowest BCUT2D eigenvalue weighted by Crippen LogP contribution is -2.22. The summed E-state index contributed by atoms with van der Waals surface area (Å²) in [5, 5.41) is 3.38. The van der Waals surface area contributed by atoms with Crippen LogP contribution >= 0.6 is 11.6 Å². The van der Waals surface area contributed by atoms with Gasteiger partial charge in [0.2, 0.25) is 0 Å². The minimum atomic E-state index is -0.104. The highest BCUT2D eigenvalue weighted by molar-refractivity contribution is 6.32. The largest absolute Gasteiger partial charge is 0.495 e. The second kappa shape index (κ2) is 6.25. The van der Waals surface area contributed by atoms with Crippen LogP contribution in [0.4, 0.5) is 0 Å². The van der Waals surface area contributed by atoms with Gasteiger partial charge in [-0.05, 0) is 29.8 Å². The van der Waals surface area contributed by atoms with Crippen LogP contribution in [0.2, 0.25) is 5.02 Å². The van der Waals surface area contributed by atoms with Gasteiger partial charge in [0.1, 0.15) is 5.75 Å². The molecule has 19 heavy (non-hydrogen) atoms. The van der Waals surface area contributed by atoms with Gasteiger partial charge in [-0.25, -0.2) is 0 Å². The number of amides is 1. The quantitative estimate of drug-likeness (QED) is 0.930. The standard InChI is InChI=1S/C15H14ClNO2/c1-19-14-8-7-11(9-13(14)16)10-17-15(18)12-5-3-2-4-6-12/h2-9H,10H2,1H3,(H,17,18). The summed E-state index contributed by atoms with van der Waals surface area (Å²) in [7, 11) is 1.57. The van der Waals surface area contributed by atoms with E-state index in [-0.39, 0.29) is 5.91 Å². The molecule has 0 atom stereocenters. The zero-order valence-corrected chi connectivity index (χ0v) is 11.3. The van der Waals surface area contributed by atoms with Crippen LogP contribution in [-0.2, 0) is 6.54 Å². The Morgan fingerprint density at radius 1 is 1.21 bits per heavy atom. The van der Waals surface area contributed by atoms with E-state index in [0.717, 1.165) is 5.56 Å². The van der Waals surface area contributed by atoms with Crippen LogP contribution in [0, 0.1) is 0 Å². The maximum Gasteiger partial charge on any atom is 0.251 e. The molecule has 2 rings (SSSR count). The van der Waals surface area contributed by atoms with Gasteiger partial charge in [0, 0.05) is 12.1 Å². The van der Waals surface area contributed by atoms with Crippen molar-refractivity contribution in [1.82, 2.24) is 5.32 Å². The Bertz CT molecular complexity index is 570. The van der Waals surface area contributed by atoms with Crippen molar-refractivity contribution in [3.8, 4) is 5.75 Å². The Balaban J connectivity index is 1.99. The highest BCUT2D eigenvalue weighted by Crippen LogP contribution is 2.24. The summed E-state index contributed by atoms with van der Waals surface area (Å²) in [4.78, 5) is 11.9. The number of halogens is 1. The molecule has 0 heterocycles. The Labute approximate surface area is 117 Å². The summed E-state index contributed by atoms with van der Waals surface area (Å²) < 4.78 is 5.08. The first kappa shape index (κ1) is 13.4. The molecule has 0 radical (unpaired) electrons. The Hall–Kier alpha value is -2.00. The highest BCUT2D eigenvalue weighted by atomic mass is 35.5. The number of rotatable bonds is 4. The topological polar surface area (TPSA) is 38.3 Å². The summed E-state index contributed by atoms with van der Waals surface area (Å²) >= 11 is 6.02. The lowest BCUT2D eigenvalue weighted by atomic mass is 10.2. The average molecular weight is 276 g/mol. The summed E-state index contributed by atoms with van der Waals surface area (Å²) in [5.74, 6) is 0.521. The molecule has 0 fully saturated rings. The van der Waals surface area contributed by atoms with Crippen molar-refractivity contribution in [2.75, 3.05) is 7.11 Å². The predicted octanol–water partition coefficient (Wildman–Crippen LogP) is 3.28. The fourth-order valence-corrected chi connectivity index (χ4v) is 1.97. The van der Waals surface area contributed by atoms with Crippen molar-refractivity contribution in [1.29, 1.82) is 0 Å². The van der Waals surface area contributed by atoms with Gasteiger partial charge in [0.05, 0.1) is 12.1 Å². The molecule has 4 heteroatoms. The van der Waals surface area contributed by atoms with E-state index in [0.29, 0.717) is 22.9 Å². The lowest BCUT2D eigenvalue weighted by molar-refractivity contribution is 0.0951. The molecule has 0 saturated carbocycles. The number of benzene rings is 2. The SMILES string of the molecule is COc1ccc(CNC(=O)c2ccccc2)cc1Cl. The normalized spacial score (nSPS) is 10.0. The van der Waals surface area contributed by atoms with Crippen LogP contribution in [0.15, 0.2) is 48.5 Å². The fourth-order valence-electron chi connectivity index (χ4n) is 1.69. The van der Waals surface area contributed by atoms with Crippen molar-refractivity contribution < 1.29 is 9.53 Å². The van der Waals surface area contributed by atoms with Crippen molar-refractivity contribution in [3.63, 3.8) is 0 Å².